The molecule has 0 amide bonds. The van der Waals surface area contributed by atoms with Gasteiger partial charge in [0.25, 0.3) is 0 Å². The molecule has 0 radical (unpaired) electrons. The first kappa shape index (κ1) is 21.3. The Kier molecular flexibility index (Phi) is 5.86. The molecule has 0 spiro atoms. The van der Waals surface area contributed by atoms with E-state index in [9.17, 15) is 5.11 Å². The Morgan fingerprint density at radius 1 is 0.970 bits per heavy atom. The van der Waals surface area contributed by atoms with E-state index in [1.54, 1.807) is 6.20 Å². The fourth-order valence-corrected chi connectivity index (χ4v) is 4.56. The number of ether oxygens (including phenoxy) is 1. The minimum atomic E-state index is -0.299. The van der Waals surface area contributed by atoms with Crippen LogP contribution >= 0.6 is 0 Å². The van der Waals surface area contributed by atoms with E-state index in [0.29, 0.717) is 11.6 Å². The first-order valence-electron chi connectivity index (χ1n) is 11.6. The summed E-state index contributed by atoms with van der Waals surface area (Å²) in [5.41, 5.74) is 4.37. The summed E-state index contributed by atoms with van der Waals surface area (Å²) < 4.78 is 6.15. The summed E-state index contributed by atoms with van der Waals surface area (Å²) in [6.45, 7) is 3.97. The fourth-order valence-electron chi connectivity index (χ4n) is 4.56. The maximum Gasteiger partial charge on any atom is 0.147 e. The van der Waals surface area contributed by atoms with Crippen LogP contribution in [0, 0.1) is 13.8 Å². The molecule has 0 saturated heterocycles. The number of benzene rings is 2. The van der Waals surface area contributed by atoms with E-state index < -0.39 is 0 Å². The number of aromatic nitrogens is 2. The summed E-state index contributed by atoms with van der Waals surface area (Å²) in [4.78, 5) is 9.08. The van der Waals surface area contributed by atoms with Crippen LogP contribution in [0.5, 0.6) is 11.5 Å². The van der Waals surface area contributed by atoms with Gasteiger partial charge in [0, 0.05) is 22.8 Å². The van der Waals surface area contributed by atoms with Gasteiger partial charge in [-0.2, -0.15) is 0 Å². The molecule has 2 heterocycles. The average molecular weight is 440 g/mol. The third-order valence-electron chi connectivity index (χ3n) is 6.34. The molecule has 0 aliphatic heterocycles. The van der Waals surface area contributed by atoms with Crippen LogP contribution in [0.4, 0.5) is 5.82 Å². The number of phenols is 1. The molecule has 1 atom stereocenters. The largest absolute Gasteiger partial charge is 0.505 e. The highest BCUT2D eigenvalue weighted by molar-refractivity contribution is 5.86. The Morgan fingerprint density at radius 3 is 2.48 bits per heavy atom. The van der Waals surface area contributed by atoms with Crippen molar-refractivity contribution in [2.45, 2.75) is 51.7 Å². The Hall–Kier alpha value is -3.60. The van der Waals surface area contributed by atoms with E-state index in [0.717, 1.165) is 52.2 Å². The lowest BCUT2D eigenvalue weighted by atomic mass is 9.96. The van der Waals surface area contributed by atoms with Crippen LogP contribution in [0.2, 0.25) is 0 Å². The number of aromatic hydroxyl groups is 1. The van der Waals surface area contributed by atoms with Crippen molar-refractivity contribution in [3.05, 3.63) is 89.2 Å². The zero-order valence-corrected chi connectivity index (χ0v) is 19.1. The van der Waals surface area contributed by atoms with Gasteiger partial charge >= 0.3 is 0 Å². The van der Waals surface area contributed by atoms with Gasteiger partial charge in [0.15, 0.2) is 0 Å². The van der Waals surface area contributed by atoms with E-state index in [2.05, 4.69) is 27.4 Å². The van der Waals surface area contributed by atoms with Crippen molar-refractivity contribution in [1.82, 2.24) is 9.97 Å². The van der Waals surface area contributed by atoms with Gasteiger partial charge in [-0.3, -0.25) is 0 Å². The second kappa shape index (κ2) is 9.10. The summed E-state index contributed by atoms with van der Waals surface area (Å²) in [6, 6.07) is 19.7. The Balaban J connectivity index is 1.53. The van der Waals surface area contributed by atoms with Gasteiger partial charge in [-0.25, -0.2) is 9.97 Å². The van der Waals surface area contributed by atoms with Gasteiger partial charge in [0.1, 0.15) is 22.8 Å². The van der Waals surface area contributed by atoms with Crippen molar-refractivity contribution in [2.75, 3.05) is 5.32 Å². The number of pyridine rings is 2. The van der Waals surface area contributed by atoms with Crippen LogP contribution in [-0.2, 0) is 0 Å². The number of phenolic OH excluding ortho intramolecular Hbond substituents is 1. The molecule has 4 aromatic rings. The number of hydrogen-bond acceptors (Lipinski definition) is 5. The van der Waals surface area contributed by atoms with Crippen molar-refractivity contribution < 1.29 is 9.84 Å². The van der Waals surface area contributed by atoms with Gasteiger partial charge in [-0.1, -0.05) is 30.3 Å². The third-order valence-corrected chi connectivity index (χ3v) is 6.34. The highest BCUT2D eigenvalue weighted by atomic mass is 16.5. The number of anilines is 1. The quantitative estimate of drug-likeness (QED) is 0.360. The van der Waals surface area contributed by atoms with E-state index in [1.165, 1.54) is 12.8 Å². The number of nitrogens with zero attached hydrogens (tertiary/aromatic N) is 2. The van der Waals surface area contributed by atoms with Gasteiger partial charge in [0.05, 0.1) is 12.1 Å². The molecule has 2 aromatic heterocycles. The standard InChI is InChI=1S/C28H29N3O2/c1-18-15-16-29-25(17-18)31-26(20-9-12-23(13-10-20)33-22-5-3-4-6-22)24-14-11-21-8-7-19(2)30-27(21)28(24)32/h7-17,22,26,32H,3-6H2,1-2H3,(H,29,31)/t26-/m0/s1. The molecule has 1 saturated carbocycles. The maximum atomic E-state index is 11.2. The Labute approximate surface area is 194 Å². The molecule has 0 bridgehead atoms. The summed E-state index contributed by atoms with van der Waals surface area (Å²) in [6.07, 6.45) is 6.85. The van der Waals surface area contributed by atoms with Gasteiger partial charge < -0.3 is 15.2 Å². The van der Waals surface area contributed by atoms with Crippen molar-refractivity contribution in [3.63, 3.8) is 0 Å². The van der Waals surface area contributed by atoms with Gasteiger partial charge in [-0.15, -0.1) is 0 Å². The molecule has 5 nitrogen and oxygen atoms in total. The number of rotatable bonds is 6. The highest BCUT2D eigenvalue weighted by Gasteiger charge is 2.22. The number of fused-ring (bicyclic) bond motifs is 1. The van der Waals surface area contributed by atoms with Crippen LogP contribution in [0.3, 0.4) is 0 Å². The minimum Gasteiger partial charge on any atom is -0.505 e. The van der Waals surface area contributed by atoms with E-state index in [4.69, 9.17) is 4.74 Å². The maximum absolute atomic E-state index is 11.2. The molecule has 2 N–H and O–H groups in total. The van der Waals surface area contributed by atoms with Gasteiger partial charge in [0.2, 0.25) is 0 Å². The lowest BCUT2D eigenvalue weighted by molar-refractivity contribution is 0.210. The number of aryl methyl sites for hydroxylation is 2. The van der Waals surface area contributed by atoms with E-state index in [-0.39, 0.29) is 11.8 Å². The molecule has 1 aliphatic carbocycles. The molecular weight excluding hydrogens is 410 g/mol. The summed E-state index contributed by atoms with van der Waals surface area (Å²) >= 11 is 0. The van der Waals surface area contributed by atoms with Crippen LogP contribution in [0.25, 0.3) is 10.9 Å². The van der Waals surface area contributed by atoms with Crippen molar-refractivity contribution in [3.8, 4) is 11.5 Å². The monoisotopic (exact) mass is 439 g/mol. The minimum absolute atomic E-state index is 0.188. The normalized spacial score (nSPS) is 15.0. The zero-order valence-electron chi connectivity index (χ0n) is 19.1. The smallest absolute Gasteiger partial charge is 0.147 e. The zero-order chi connectivity index (χ0) is 22.8. The third kappa shape index (κ3) is 4.63. The molecule has 2 aromatic carbocycles. The molecule has 5 rings (SSSR count). The SMILES string of the molecule is Cc1ccnc(N[C@@H](c2ccc(OC3CCCC3)cc2)c2ccc3ccc(C)nc3c2O)c1. The van der Waals surface area contributed by atoms with Crippen molar-refractivity contribution in [1.29, 1.82) is 0 Å². The van der Waals surface area contributed by atoms with Crippen molar-refractivity contribution >= 4 is 16.7 Å². The topological polar surface area (TPSA) is 67.3 Å². The summed E-state index contributed by atoms with van der Waals surface area (Å²) in [5, 5.41) is 15.7. The van der Waals surface area contributed by atoms with Crippen LogP contribution in [0.15, 0.2) is 66.9 Å². The number of nitrogens with one attached hydrogen (secondary N) is 1. The molecule has 1 aliphatic rings. The molecule has 0 unspecified atom stereocenters. The number of hydrogen-bond donors (Lipinski definition) is 2. The van der Waals surface area contributed by atoms with E-state index in [1.807, 2.05) is 62.4 Å². The molecule has 1 fully saturated rings. The second-order valence-electron chi connectivity index (χ2n) is 8.92. The second-order valence-corrected chi connectivity index (χ2v) is 8.92. The van der Waals surface area contributed by atoms with Crippen molar-refractivity contribution in [2.24, 2.45) is 0 Å². The van der Waals surface area contributed by atoms with Crippen LogP contribution in [0.1, 0.15) is 54.1 Å². The van der Waals surface area contributed by atoms with Gasteiger partial charge in [-0.05, 0) is 81.0 Å². The Bertz CT molecular complexity index is 1260. The molecule has 168 valence electrons. The average Bonchev–Trinajstić information content (AvgIpc) is 3.32. The first-order chi connectivity index (χ1) is 16.1. The first-order valence-corrected chi connectivity index (χ1v) is 11.6. The van der Waals surface area contributed by atoms with Crippen LogP contribution < -0.4 is 10.1 Å². The Morgan fingerprint density at radius 2 is 1.73 bits per heavy atom. The van der Waals surface area contributed by atoms with E-state index >= 15 is 0 Å². The lowest BCUT2D eigenvalue weighted by Gasteiger charge is -2.23. The van der Waals surface area contributed by atoms with Crippen LogP contribution in [-0.4, -0.2) is 21.2 Å². The lowest BCUT2D eigenvalue weighted by Crippen LogP contribution is -2.14. The summed E-state index contributed by atoms with van der Waals surface area (Å²) in [5.74, 6) is 1.83. The molecule has 5 heteroatoms. The molecular formula is C28H29N3O2. The predicted octanol–water partition coefficient (Wildman–Crippen LogP) is 6.48. The summed E-state index contributed by atoms with van der Waals surface area (Å²) in [7, 11) is 0. The fraction of sp³-hybridized carbons (Fsp3) is 0.286. The highest BCUT2D eigenvalue weighted by Crippen LogP contribution is 2.37. The predicted molar refractivity (Wildman–Crippen MR) is 132 cm³/mol. The molecule has 33 heavy (non-hydrogen) atoms.